The first kappa shape index (κ1) is 12.7. The minimum atomic E-state index is 0.0688. The van der Waals surface area contributed by atoms with Crippen LogP contribution in [0.4, 0.5) is 0 Å². The van der Waals surface area contributed by atoms with Gasteiger partial charge >= 0.3 is 0 Å². The van der Waals surface area contributed by atoms with Crippen molar-refractivity contribution in [3.8, 4) is 0 Å². The Morgan fingerprint density at radius 2 is 2.32 bits per heavy atom. The molecule has 3 rings (SSSR count). The fourth-order valence-corrected chi connectivity index (χ4v) is 2.71. The molecule has 0 aromatic carbocycles. The zero-order chi connectivity index (χ0) is 13.2. The molecule has 104 valence electrons. The zero-order valence-corrected chi connectivity index (χ0v) is 11.4. The molecular formula is C14H21N3O2. The molecule has 0 spiro atoms. The average Bonchev–Trinajstić information content (AvgIpc) is 2.88. The van der Waals surface area contributed by atoms with Crippen molar-refractivity contribution in [3.05, 3.63) is 17.5 Å². The summed E-state index contributed by atoms with van der Waals surface area (Å²) in [6, 6.07) is 0.447. The quantitative estimate of drug-likeness (QED) is 0.876. The summed E-state index contributed by atoms with van der Waals surface area (Å²) < 4.78 is 5.01. The first-order chi connectivity index (χ1) is 9.24. The van der Waals surface area contributed by atoms with Crippen molar-refractivity contribution < 1.29 is 9.32 Å². The zero-order valence-electron chi connectivity index (χ0n) is 11.4. The van der Waals surface area contributed by atoms with Gasteiger partial charge in [0.25, 0.3) is 5.91 Å². The molecule has 1 aromatic heterocycles. The molecule has 1 amide bonds. The number of hydrogen-bond donors (Lipinski definition) is 1. The summed E-state index contributed by atoms with van der Waals surface area (Å²) in [7, 11) is 0. The molecule has 2 fully saturated rings. The van der Waals surface area contributed by atoms with Gasteiger partial charge in [-0.3, -0.25) is 4.79 Å². The molecule has 0 bridgehead atoms. The molecule has 1 aliphatic heterocycles. The Balaban J connectivity index is 1.69. The number of aromatic nitrogens is 1. The molecule has 1 saturated carbocycles. The van der Waals surface area contributed by atoms with Crippen LogP contribution in [0.3, 0.4) is 0 Å². The Kier molecular flexibility index (Phi) is 3.55. The van der Waals surface area contributed by atoms with E-state index in [0.717, 1.165) is 26.1 Å². The van der Waals surface area contributed by atoms with Crippen LogP contribution in [0.25, 0.3) is 0 Å². The van der Waals surface area contributed by atoms with Crippen LogP contribution in [0.15, 0.2) is 10.7 Å². The van der Waals surface area contributed by atoms with Crippen molar-refractivity contribution in [1.29, 1.82) is 0 Å². The van der Waals surface area contributed by atoms with E-state index in [0.29, 0.717) is 23.3 Å². The Hall–Kier alpha value is -1.36. The van der Waals surface area contributed by atoms with E-state index < -0.39 is 0 Å². The van der Waals surface area contributed by atoms with Crippen LogP contribution in [0.5, 0.6) is 0 Å². The average molecular weight is 263 g/mol. The van der Waals surface area contributed by atoms with Gasteiger partial charge in [-0.1, -0.05) is 5.16 Å². The van der Waals surface area contributed by atoms with Crippen LogP contribution < -0.4 is 5.32 Å². The van der Waals surface area contributed by atoms with Crippen LogP contribution in [0.2, 0.25) is 0 Å². The van der Waals surface area contributed by atoms with Gasteiger partial charge in [0.05, 0.1) is 6.20 Å². The van der Waals surface area contributed by atoms with E-state index in [1.54, 1.807) is 13.1 Å². The van der Waals surface area contributed by atoms with E-state index >= 15 is 0 Å². The SMILES string of the molecule is Cc1oncc1C(=O)N(CC1CC1)CC1CCCN1. The van der Waals surface area contributed by atoms with Gasteiger partial charge in [-0.25, -0.2) is 0 Å². The lowest BCUT2D eigenvalue weighted by Gasteiger charge is -2.25. The Bertz CT molecular complexity index is 447. The fraction of sp³-hybridized carbons (Fsp3) is 0.714. The van der Waals surface area contributed by atoms with Crippen molar-refractivity contribution in [1.82, 2.24) is 15.4 Å². The second-order valence-corrected chi connectivity index (χ2v) is 5.74. The highest BCUT2D eigenvalue weighted by Crippen LogP contribution is 2.30. The van der Waals surface area contributed by atoms with Gasteiger partial charge in [-0.15, -0.1) is 0 Å². The van der Waals surface area contributed by atoms with E-state index in [-0.39, 0.29) is 5.91 Å². The van der Waals surface area contributed by atoms with Crippen molar-refractivity contribution in [2.45, 2.75) is 38.6 Å². The maximum absolute atomic E-state index is 12.6. The number of hydrogen-bond acceptors (Lipinski definition) is 4. The lowest BCUT2D eigenvalue weighted by molar-refractivity contribution is 0.0732. The smallest absolute Gasteiger partial charge is 0.259 e. The molecule has 2 heterocycles. The number of aryl methyl sites for hydroxylation is 1. The monoisotopic (exact) mass is 263 g/mol. The highest BCUT2D eigenvalue weighted by molar-refractivity contribution is 5.94. The van der Waals surface area contributed by atoms with E-state index in [1.165, 1.54) is 19.3 Å². The van der Waals surface area contributed by atoms with Crippen LogP contribution in [-0.4, -0.2) is 41.6 Å². The van der Waals surface area contributed by atoms with E-state index in [4.69, 9.17) is 4.52 Å². The Labute approximate surface area is 113 Å². The minimum absolute atomic E-state index is 0.0688. The molecule has 1 aromatic rings. The molecule has 1 saturated heterocycles. The van der Waals surface area contributed by atoms with Crippen molar-refractivity contribution >= 4 is 5.91 Å². The van der Waals surface area contributed by atoms with Crippen molar-refractivity contribution in [3.63, 3.8) is 0 Å². The topological polar surface area (TPSA) is 58.4 Å². The first-order valence-electron chi connectivity index (χ1n) is 7.18. The van der Waals surface area contributed by atoms with E-state index in [9.17, 15) is 4.79 Å². The molecule has 1 atom stereocenters. The van der Waals surface area contributed by atoms with Crippen molar-refractivity contribution in [2.75, 3.05) is 19.6 Å². The van der Waals surface area contributed by atoms with Gasteiger partial charge in [-0.2, -0.15) is 0 Å². The summed E-state index contributed by atoms with van der Waals surface area (Å²) >= 11 is 0. The number of amides is 1. The van der Waals surface area contributed by atoms with Gasteiger partial charge in [0.15, 0.2) is 0 Å². The number of rotatable bonds is 5. The van der Waals surface area contributed by atoms with Crippen molar-refractivity contribution in [2.24, 2.45) is 5.92 Å². The lowest BCUT2D eigenvalue weighted by atomic mass is 10.1. The highest BCUT2D eigenvalue weighted by atomic mass is 16.5. The number of carbonyl (C=O) groups is 1. The van der Waals surface area contributed by atoms with Gasteiger partial charge in [0, 0.05) is 19.1 Å². The lowest BCUT2D eigenvalue weighted by Crippen LogP contribution is -2.42. The third-order valence-electron chi connectivity index (χ3n) is 4.05. The van der Waals surface area contributed by atoms with Gasteiger partial charge in [0.1, 0.15) is 11.3 Å². The van der Waals surface area contributed by atoms with Gasteiger partial charge in [0.2, 0.25) is 0 Å². The molecule has 1 aliphatic carbocycles. The number of nitrogens with one attached hydrogen (secondary N) is 1. The maximum atomic E-state index is 12.6. The Morgan fingerprint density at radius 3 is 2.89 bits per heavy atom. The molecule has 2 aliphatic rings. The van der Waals surface area contributed by atoms with Crippen LogP contribution in [0, 0.1) is 12.8 Å². The molecule has 5 heteroatoms. The first-order valence-corrected chi connectivity index (χ1v) is 7.18. The predicted octanol–water partition coefficient (Wildman–Crippen LogP) is 1.59. The van der Waals surface area contributed by atoms with E-state index in [2.05, 4.69) is 10.5 Å². The third kappa shape index (κ3) is 2.97. The number of nitrogens with zero attached hydrogens (tertiary/aromatic N) is 2. The standard InChI is InChI=1S/C14H21N3O2/c1-10-13(7-16-19-10)14(18)17(8-11-4-5-11)9-12-3-2-6-15-12/h7,11-12,15H,2-6,8-9H2,1H3. The summed E-state index contributed by atoms with van der Waals surface area (Å²) in [6.45, 7) is 4.55. The summed E-state index contributed by atoms with van der Waals surface area (Å²) in [6.07, 6.45) is 6.42. The molecular weight excluding hydrogens is 242 g/mol. The van der Waals surface area contributed by atoms with Gasteiger partial charge in [-0.05, 0) is 45.1 Å². The summed E-state index contributed by atoms with van der Waals surface area (Å²) in [5.74, 6) is 1.38. The summed E-state index contributed by atoms with van der Waals surface area (Å²) in [5, 5.41) is 7.18. The summed E-state index contributed by atoms with van der Waals surface area (Å²) in [4.78, 5) is 14.6. The third-order valence-corrected chi connectivity index (χ3v) is 4.05. The fourth-order valence-electron chi connectivity index (χ4n) is 2.71. The van der Waals surface area contributed by atoms with E-state index in [1.807, 2.05) is 4.90 Å². The van der Waals surface area contributed by atoms with Crippen LogP contribution in [0.1, 0.15) is 41.8 Å². The minimum Gasteiger partial charge on any atom is -0.361 e. The Morgan fingerprint density at radius 1 is 1.47 bits per heavy atom. The molecule has 5 nitrogen and oxygen atoms in total. The summed E-state index contributed by atoms with van der Waals surface area (Å²) in [5.41, 5.74) is 0.610. The molecule has 0 radical (unpaired) electrons. The normalized spacial score (nSPS) is 22.7. The largest absolute Gasteiger partial charge is 0.361 e. The molecule has 1 unspecified atom stereocenters. The molecule has 19 heavy (non-hydrogen) atoms. The van der Waals surface area contributed by atoms with Crippen LogP contribution >= 0.6 is 0 Å². The molecule has 1 N–H and O–H groups in total. The second kappa shape index (κ2) is 5.33. The maximum Gasteiger partial charge on any atom is 0.259 e. The second-order valence-electron chi connectivity index (χ2n) is 5.74. The highest BCUT2D eigenvalue weighted by Gasteiger charge is 2.30. The number of carbonyl (C=O) groups excluding carboxylic acids is 1. The predicted molar refractivity (Wildman–Crippen MR) is 70.9 cm³/mol. The van der Waals surface area contributed by atoms with Gasteiger partial charge < -0.3 is 14.7 Å². The van der Waals surface area contributed by atoms with Crippen LogP contribution in [-0.2, 0) is 0 Å².